The largest absolute Gasteiger partial charge is 0.383 e. The van der Waals surface area contributed by atoms with E-state index in [0.29, 0.717) is 6.61 Å². The zero-order valence-corrected chi connectivity index (χ0v) is 13.8. The summed E-state index contributed by atoms with van der Waals surface area (Å²) in [6.07, 6.45) is 5.13. The monoisotopic (exact) mass is 306 g/mol. The molecule has 2 aromatic rings. The van der Waals surface area contributed by atoms with Crippen molar-refractivity contribution in [1.82, 2.24) is 20.3 Å². The highest BCUT2D eigenvalue weighted by molar-refractivity contribution is 7.15. The Morgan fingerprint density at radius 1 is 1.29 bits per heavy atom. The lowest BCUT2D eigenvalue weighted by Gasteiger charge is -2.17. The fraction of sp³-hybridized carbons (Fsp3) is 0.533. The molecule has 0 aliphatic heterocycles. The summed E-state index contributed by atoms with van der Waals surface area (Å²) in [5, 5.41) is 4.32. The van der Waals surface area contributed by atoms with E-state index in [4.69, 9.17) is 9.72 Å². The highest BCUT2D eigenvalue weighted by atomic mass is 32.1. The number of hydrogen-bond acceptors (Lipinski definition) is 6. The fourth-order valence-corrected chi connectivity index (χ4v) is 3.16. The van der Waals surface area contributed by atoms with Crippen LogP contribution in [-0.2, 0) is 16.7 Å². The number of thiazole rings is 1. The molecule has 2 aromatic heterocycles. The van der Waals surface area contributed by atoms with Gasteiger partial charge < -0.3 is 10.1 Å². The Morgan fingerprint density at radius 3 is 2.71 bits per heavy atom. The Hall–Kier alpha value is -1.37. The topological polar surface area (TPSA) is 59.9 Å². The predicted molar refractivity (Wildman–Crippen MR) is 85.4 cm³/mol. The molecule has 21 heavy (non-hydrogen) atoms. The number of nitrogens with zero attached hydrogens (tertiary/aromatic N) is 3. The van der Waals surface area contributed by atoms with Crippen LogP contribution in [0.3, 0.4) is 0 Å². The summed E-state index contributed by atoms with van der Waals surface area (Å²) in [5.74, 6) is 0. The lowest BCUT2D eigenvalue weighted by atomic mass is 9.91. The fourth-order valence-electron chi connectivity index (χ4n) is 1.95. The van der Waals surface area contributed by atoms with Crippen molar-refractivity contribution in [3.05, 3.63) is 29.2 Å². The summed E-state index contributed by atoms with van der Waals surface area (Å²) in [7, 11) is 1.71. The molecule has 0 unspecified atom stereocenters. The molecule has 2 rings (SSSR count). The highest BCUT2D eigenvalue weighted by Gasteiger charge is 2.23. The van der Waals surface area contributed by atoms with E-state index in [9.17, 15) is 0 Å². The van der Waals surface area contributed by atoms with E-state index in [1.807, 2.05) is 0 Å². The molecule has 1 N–H and O–H groups in total. The predicted octanol–water partition coefficient (Wildman–Crippen LogP) is 2.63. The van der Waals surface area contributed by atoms with Crippen LogP contribution in [0.25, 0.3) is 10.7 Å². The second-order valence-corrected chi connectivity index (χ2v) is 6.88. The molecule has 0 aliphatic carbocycles. The van der Waals surface area contributed by atoms with Gasteiger partial charge in [0, 0.05) is 42.9 Å². The molecule has 0 saturated heterocycles. The van der Waals surface area contributed by atoms with Crippen LogP contribution in [0.2, 0.25) is 0 Å². The quantitative estimate of drug-likeness (QED) is 0.831. The Kier molecular flexibility index (Phi) is 5.39. The minimum absolute atomic E-state index is 0.00916. The molecule has 0 aliphatic rings. The van der Waals surface area contributed by atoms with Gasteiger partial charge in [0.2, 0.25) is 0 Å². The highest BCUT2D eigenvalue weighted by Crippen LogP contribution is 2.33. The molecule has 0 radical (unpaired) electrons. The van der Waals surface area contributed by atoms with Gasteiger partial charge in [0.05, 0.1) is 18.5 Å². The van der Waals surface area contributed by atoms with Crippen LogP contribution in [0.15, 0.2) is 18.6 Å². The normalized spacial score (nSPS) is 11.8. The van der Waals surface area contributed by atoms with E-state index in [1.165, 1.54) is 4.88 Å². The molecule has 6 heteroatoms. The third kappa shape index (κ3) is 4.30. The zero-order valence-electron chi connectivity index (χ0n) is 13.0. The number of hydrogen-bond donors (Lipinski definition) is 1. The zero-order chi connectivity index (χ0) is 15.3. The van der Waals surface area contributed by atoms with Crippen molar-refractivity contribution >= 4 is 11.3 Å². The van der Waals surface area contributed by atoms with E-state index in [-0.39, 0.29) is 5.41 Å². The van der Waals surface area contributed by atoms with E-state index in [2.05, 4.69) is 36.1 Å². The van der Waals surface area contributed by atoms with Crippen molar-refractivity contribution in [1.29, 1.82) is 0 Å². The lowest BCUT2D eigenvalue weighted by molar-refractivity contribution is 0.199. The molecule has 0 bridgehead atoms. The minimum atomic E-state index is 0.00916. The van der Waals surface area contributed by atoms with Gasteiger partial charge in [-0.05, 0) is 0 Å². The van der Waals surface area contributed by atoms with Gasteiger partial charge in [-0.3, -0.25) is 9.97 Å². The van der Waals surface area contributed by atoms with Gasteiger partial charge in [-0.1, -0.05) is 20.8 Å². The second kappa shape index (κ2) is 7.06. The SMILES string of the molecule is COCCNCc1sc(-c2cnccn2)nc1C(C)(C)C. The number of ether oxygens (including phenoxy) is 1. The van der Waals surface area contributed by atoms with Crippen molar-refractivity contribution < 1.29 is 4.74 Å². The van der Waals surface area contributed by atoms with Crippen LogP contribution in [0.5, 0.6) is 0 Å². The van der Waals surface area contributed by atoms with Crippen molar-refractivity contribution in [2.75, 3.05) is 20.3 Å². The van der Waals surface area contributed by atoms with Crippen molar-refractivity contribution in [3.8, 4) is 10.7 Å². The molecule has 0 spiro atoms. The molecule has 2 heterocycles. The van der Waals surface area contributed by atoms with E-state index < -0.39 is 0 Å². The van der Waals surface area contributed by atoms with E-state index in [0.717, 1.165) is 29.5 Å². The molecule has 0 amide bonds. The summed E-state index contributed by atoms with van der Waals surface area (Å²) in [6.45, 7) is 8.89. The molecule has 0 fully saturated rings. The summed E-state index contributed by atoms with van der Waals surface area (Å²) in [4.78, 5) is 14.5. The molecular formula is C15H22N4OS. The number of methoxy groups -OCH3 is 1. The van der Waals surface area contributed by atoms with Gasteiger partial charge in [0.25, 0.3) is 0 Å². The third-order valence-electron chi connectivity index (χ3n) is 2.96. The molecule has 5 nitrogen and oxygen atoms in total. The summed E-state index contributed by atoms with van der Waals surface area (Å²) in [5.41, 5.74) is 1.96. The lowest BCUT2D eigenvalue weighted by Crippen LogP contribution is -2.21. The first-order valence-electron chi connectivity index (χ1n) is 6.98. The van der Waals surface area contributed by atoms with Crippen LogP contribution < -0.4 is 5.32 Å². The van der Waals surface area contributed by atoms with Gasteiger partial charge in [-0.25, -0.2) is 4.98 Å². The van der Waals surface area contributed by atoms with E-state index in [1.54, 1.807) is 37.0 Å². The van der Waals surface area contributed by atoms with Gasteiger partial charge in [0.15, 0.2) is 0 Å². The number of nitrogens with one attached hydrogen (secondary N) is 1. The molecule has 114 valence electrons. The maximum Gasteiger partial charge on any atom is 0.144 e. The Bertz CT molecular complexity index is 563. The third-order valence-corrected chi connectivity index (χ3v) is 4.04. The first-order valence-corrected chi connectivity index (χ1v) is 7.80. The van der Waals surface area contributed by atoms with Crippen LogP contribution >= 0.6 is 11.3 Å². The van der Waals surface area contributed by atoms with Crippen molar-refractivity contribution in [2.45, 2.75) is 32.7 Å². The second-order valence-electron chi connectivity index (χ2n) is 5.80. The number of aromatic nitrogens is 3. The van der Waals surface area contributed by atoms with Crippen LogP contribution in [0, 0.1) is 0 Å². The standard InChI is InChI=1S/C15H22N4OS/c1-15(2,3)13-12(10-17-7-8-20-4)21-14(19-13)11-9-16-5-6-18-11/h5-6,9,17H,7-8,10H2,1-4H3. The van der Waals surface area contributed by atoms with Crippen LogP contribution in [-0.4, -0.2) is 35.2 Å². The van der Waals surface area contributed by atoms with Gasteiger partial charge in [-0.15, -0.1) is 11.3 Å². The first-order chi connectivity index (χ1) is 10.0. The first kappa shape index (κ1) is 16.0. The van der Waals surface area contributed by atoms with E-state index >= 15 is 0 Å². The average Bonchev–Trinajstić information content (AvgIpc) is 2.89. The maximum atomic E-state index is 5.06. The van der Waals surface area contributed by atoms with Crippen molar-refractivity contribution in [3.63, 3.8) is 0 Å². The Balaban J connectivity index is 2.23. The maximum absolute atomic E-state index is 5.06. The van der Waals surface area contributed by atoms with Gasteiger partial charge >= 0.3 is 0 Å². The molecule has 0 saturated carbocycles. The smallest absolute Gasteiger partial charge is 0.144 e. The summed E-state index contributed by atoms with van der Waals surface area (Å²) >= 11 is 1.68. The van der Waals surface area contributed by atoms with Gasteiger partial charge in [0.1, 0.15) is 10.7 Å². The minimum Gasteiger partial charge on any atom is -0.383 e. The van der Waals surface area contributed by atoms with Crippen molar-refractivity contribution in [2.24, 2.45) is 0 Å². The number of rotatable bonds is 6. The Labute approximate surface area is 129 Å². The Morgan fingerprint density at radius 2 is 2.10 bits per heavy atom. The molecule has 0 aromatic carbocycles. The van der Waals surface area contributed by atoms with Gasteiger partial charge in [-0.2, -0.15) is 0 Å². The summed E-state index contributed by atoms with van der Waals surface area (Å²) in [6, 6.07) is 0. The average molecular weight is 306 g/mol. The summed E-state index contributed by atoms with van der Waals surface area (Å²) < 4.78 is 5.06. The molecular weight excluding hydrogens is 284 g/mol. The van der Waals surface area contributed by atoms with Crippen LogP contribution in [0.1, 0.15) is 31.3 Å². The van der Waals surface area contributed by atoms with Crippen LogP contribution in [0.4, 0.5) is 0 Å². The molecule has 0 atom stereocenters.